The highest BCUT2D eigenvalue weighted by atomic mass is 32.1. The average Bonchev–Trinajstić information content (AvgIpc) is 3.29. The van der Waals surface area contributed by atoms with Crippen molar-refractivity contribution in [3.63, 3.8) is 0 Å². The summed E-state index contributed by atoms with van der Waals surface area (Å²) in [7, 11) is 0. The maximum Gasteiger partial charge on any atom is 0.265 e. The molecule has 9 heteroatoms. The monoisotopic (exact) mass is 369 g/mol. The molecule has 3 aromatic heterocycles. The zero-order valence-electron chi connectivity index (χ0n) is 14.7. The van der Waals surface area contributed by atoms with Crippen molar-refractivity contribution in [2.45, 2.75) is 13.8 Å². The van der Waals surface area contributed by atoms with Crippen LogP contribution in [0.4, 0.5) is 5.82 Å². The minimum atomic E-state index is 0.0714. The van der Waals surface area contributed by atoms with Crippen LogP contribution < -0.4 is 4.90 Å². The first kappa shape index (κ1) is 16.6. The molecule has 1 aliphatic rings. The van der Waals surface area contributed by atoms with Crippen molar-refractivity contribution in [1.29, 1.82) is 0 Å². The van der Waals surface area contributed by atoms with Gasteiger partial charge in [-0.2, -0.15) is 0 Å². The quantitative estimate of drug-likeness (QED) is 0.699. The first-order chi connectivity index (χ1) is 12.6. The lowest BCUT2D eigenvalue weighted by molar-refractivity contribution is 0.0750. The van der Waals surface area contributed by atoms with Crippen LogP contribution in [0, 0.1) is 13.8 Å². The van der Waals surface area contributed by atoms with Gasteiger partial charge in [0.1, 0.15) is 28.7 Å². The van der Waals surface area contributed by atoms with Crippen LogP contribution >= 0.6 is 11.3 Å². The minimum Gasteiger partial charge on any atom is -0.353 e. The van der Waals surface area contributed by atoms with Gasteiger partial charge in [-0.25, -0.2) is 19.9 Å². The Kier molecular flexibility index (Phi) is 4.37. The van der Waals surface area contributed by atoms with Gasteiger partial charge in [-0.3, -0.25) is 9.36 Å². The number of aryl methyl sites for hydroxylation is 2. The molecule has 26 heavy (non-hydrogen) atoms. The molecule has 0 saturated carbocycles. The second-order valence-corrected chi connectivity index (χ2v) is 6.98. The molecule has 0 atom stereocenters. The van der Waals surface area contributed by atoms with Gasteiger partial charge in [0.2, 0.25) is 0 Å². The third-order valence-electron chi connectivity index (χ3n) is 4.54. The number of rotatable bonds is 3. The summed E-state index contributed by atoms with van der Waals surface area (Å²) in [4.78, 5) is 34.6. The molecule has 0 aromatic carbocycles. The first-order valence-corrected chi connectivity index (χ1v) is 9.28. The van der Waals surface area contributed by atoms with Gasteiger partial charge in [0.15, 0.2) is 0 Å². The summed E-state index contributed by atoms with van der Waals surface area (Å²) in [5.74, 6) is 2.61. The van der Waals surface area contributed by atoms with Crippen LogP contribution in [-0.4, -0.2) is 61.5 Å². The van der Waals surface area contributed by atoms with Gasteiger partial charge in [-0.1, -0.05) is 0 Å². The summed E-state index contributed by atoms with van der Waals surface area (Å²) in [6.45, 7) is 6.62. The maximum atomic E-state index is 12.6. The van der Waals surface area contributed by atoms with Gasteiger partial charge >= 0.3 is 0 Å². The van der Waals surface area contributed by atoms with Gasteiger partial charge in [0.25, 0.3) is 5.91 Å². The van der Waals surface area contributed by atoms with Gasteiger partial charge in [0.05, 0.1) is 11.2 Å². The highest BCUT2D eigenvalue weighted by molar-refractivity contribution is 7.11. The summed E-state index contributed by atoms with van der Waals surface area (Å²) < 4.78 is 1.93. The SMILES string of the molecule is Cc1ncsc1C(=O)N1CCN(c2cc(-n3ccnc3C)ncn2)CC1. The summed E-state index contributed by atoms with van der Waals surface area (Å²) in [6.07, 6.45) is 5.21. The molecule has 0 bridgehead atoms. The van der Waals surface area contributed by atoms with E-state index in [-0.39, 0.29) is 5.91 Å². The number of aromatic nitrogens is 5. The molecule has 4 rings (SSSR count). The summed E-state index contributed by atoms with van der Waals surface area (Å²) in [5, 5.41) is 0. The van der Waals surface area contributed by atoms with Crippen LogP contribution in [0.2, 0.25) is 0 Å². The van der Waals surface area contributed by atoms with Crippen molar-refractivity contribution >= 4 is 23.1 Å². The molecule has 0 unspecified atom stereocenters. The Morgan fingerprint density at radius 2 is 1.81 bits per heavy atom. The predicted octanol–water partition coefficient (Wildman–Crippen LogP) is 1.70. The van der Waals surface area contributed by atoms with E-state index in [1.54, 1.807) is 18.0 Å². The molecule has 8 nitrogen and oxygen atoms in total. The number of hydrogen-bond acceptors (Lipinski definition) is 7. The lowest BCUT2D eigenvalue weighted by atomic mass is 10.2. The fourth-order valence-electron chi connectivity index (χ4n) is 3.05. The van der Waals surface area contributed by atoms with Crippen molar-refractivity contribution in [3.8, 4) is 5.82 Å². The molecule has 3 aromatic rings. The topological polar surface area (TPSA) is 80.0 Å². The van der Waals surface area contributed by atoms with Crippen molar-refractivity contribution in [3.05, 3.63) is 46.7 Å². The molecule has 1 saturated heterocycles. The third-order valence-corrected chi connectivity index (χ3v) is 5.46. The molecular formula is C17H19N7OS. The highest BCUT2D eigenvalue weighted by Gasteiger charge is 2.25. The number of nitrogens with zero attached hydrogens (tertiary/aromatic N) is 7. The van der Waals surface area contributed by atoms with Crippen molar-refractivity contribution in [2.75, 3.05) is 31.1 Å². The smallest absolute Gasteiger partial charge is 0.265 e. The number of amides is 1. The van der Waals surface area contributed by atoms with Crippen LogP contribution in [0.3, 0.4) is 0 Å². The van der Waals surface area contributed by atoms with Gasteiger partial charge in [-0.15, -0.1) is 11.3 Å². The second-order valence-electron chi connectivity index (χ2n) is 6.13. The molecule has 0 aliphatic carbocycles. The number of hydrogen-bond donors (Lipinski definition) is 0. The van der Waals surface area contributed by atoms with E-state index in [2.05, 4.69) is 24.8 Å². The van der Waals surface area contributed by atoms with Crippen LogP contribution in [-0.2, 0) is 0 Å². The van der Waals surface area contributed by atoms with Crippen LogP contribution in [0.25, 0.3) is 5.82 Å². The van der Waals surface area contributed by atoms with Crippen molar-refractivity contribution < 1.29 is 4.79 Å². The molecule has 0 radical (unpaired) electrons. The summed E-state index contributed by atoms with van der Waals surface area (Å²) >= 11 is 1.41. The third kappa shape index (κ3) is 3.05. The van der Waals surface area contributed by atoms with Gasteiger partial charge < -0.3 is 9.80 Å². The lowest BCUT2D eigenvalue weighted by Crippen LogP contribution is -2.49. The predicted molar refractivity (Wildman–Crippen MR) is 98.9 cm³/mol. The molecule has 134 valence electrons. The number of imidazole rings is 1. The summed E-state index contributed by atoms with van der Waals surface area (Å²) in [5.41, 5.74) is 2.53. The van der Waals surface area contributed by atoms with E-state index < -0.39 is 0 Å². The highest BCUT2D eigenvalue weighted by Crippen LogP contribution is 2.20. The number of thiazole rings is 1. The number of carbonyl (C=O) groups excluding carboxylic acids is 1. The maximum absolute atomic E-state index is 12.6. The van der Waals surface area contributed by atoms with Crippen LogP contribution in [0.1, 0.15) is 21.2 Å². The van der Waals surface area contributed by atoms with E-state index in [1.807, 2.05) is 35.6 Å². The Balaban J connectivity index is 1.46. The van der Waals surface area contributed by atoms with Crippen LogP contribution in [0.15, 0.2) is 30.3 Å². The fraction of sp³-hybridized carbons (Fsp3) is 0.353. The zero-order valence-corrected chi connectivity index (χ0v) is 15.5. The Labute approximate surface area is 155 Å². The molecule has 1 amide bonds. The van der Waals surface area contributed by atoms with Crippen molar-refractivity contribution in [1.82, 2.24) is 29.4 Å². The number of piperazine rings is 1. The van der Waals surface area contributed by atoms with Crippen LogP contribution in [0.5, 0.6) is 0 Å². The Morgan fingerprint density at radius 1 is 1.04 bits per heavy atom. The van der Waals surface area contributed by atoms with E-state index in [0.29, 0.717) is 13.1 Å². The Morgan fingerprint density at radius 3 is 2.46 bits per heavy atom. The Hall–Kier alpha value is -2.81. The van der Waals surface area contributed by atoms with Gasteiger partial charge in [0, 0.05) is 44.6 Å². The average molecular weight is 369 g/mol. The molecule has 1 fully saturated rings. The van der Waals surface area contributed by atoms with E-state index in [1.165, 1.54) is 11.3 Å². The van der Waals surface area contributed by atoms with Crippen molar-refractivity contribution in [2.24, 2.45) is 0 Å². The minimum absolute atomic E-state index is 0.0714. The van der Waals surface area contributed by atoms with E-state index in [0.717, 1.165) is 41.1 Å². The molecule has 4 heterocycles. The standard InChI is InChI=1S/C17H19N7OS/c1-12-16(26-11-21-12)17(25)23-7-5-22(6-8-23)14-9-15(20-10-19-14)24-4-3-18-13(24)2/h3-4,9-11H,5-8H2,1-2H3. The van der Waals surface area contributed by atoms with Gasteiger partial charge in [-0.05, 0) is 13.8 Å². The van der Waals surface area contributed by atoms with E-state index >= 15 is 0 Å². The normalized spacial score (nSPS) is 14.7. The fourth-order valence-corrected chi connectivity index (χ4v) is 3.82. The second kappa shape index (κ2) is 6.83. The molecule has 0 spiro atoms. The molecule has 1 aliphatic heterocycles. The van der Waals surface area contributed by atoms with E-state index in [4.69, 9.17) is 0 Å². The number of carbonyl (C=O) groups is 1. The lowest BCUT2D eigenvalue weighted by Gasteiger charge is -2.35. The van der Waals surface area contributed by atoms with E-state index in [9.17, 15) is 4.79 Å². The molecular weight excluding hydrogens is 350 g/mol. The molecule has 0 N–H and O–H groups in total. The largest absolute Gasteiger partial charge is 0.353 e. The zero-order chi connectivity index (χ0) is 18.1. The first-order valence-electron chi connectivity index (χ1n) is 8.40. The summed E-state index contributed by atoms with van der Waals surface area (Å²) in [6, 6.07) is 1.96. The number of anilines is 1. The Bertz CT molecular complexity index is 927.